The first-order valence-electron chi connectivity index (χ1n) is 9.83. The Morgan fingerprint density at radius 2 is 1.67 bits per heavy atom. The summed E-state index contributed by atoms with van der Waals surface area (Å²) in [6, 6.07) is 13.9. The van der Waals surface area contributed by atoms with Crippen molar-refractivity contribution < 1.29 is 9.31 Å². The number of hydrogen-bond acceptors (Lipinski definition) is 6. The van der Waals surface area contributed by atoms with Crippen LogP contribution in [0.3, 0.4) is 0 Å². The van der Waals surface area contributed by atoms with Gasteiger partial charge >= 0.3 is 0 Å². The van der Waals surface area contributed by atoms with Crippen LogP contribution in [0.5, 0.6) is 0 Å². The summed E-state index contributed by atoms with van der Waals surface area (Å²) in [6.45, 7) is 3.19. The molecule has 0 bridgehead atoms. The van der Waals surface area contributed by atoms with Gasteiger partial charge in [0, 0.05) is 69.2 Å². The molecule has 0 aliphatic carbocycles. The van der Waals surface area contributed by atoms with Crippen molar-refractivity contribution in [3.63, 3.8) is 0 Å². The predicted molar refractivity (Wildman–Crippen MR) is 112 cm³/mol. The van der Waals surface area contributed by atoms with E-state index in [1.165, 1.54) is 17.7 Å². The van der Waals surface area contributed by atoms with Gasteiger partial charge in [0.1, 0.15) is 5.82 Å². The summed E-state index contributed by atoms with van der Waals surface area (Å²) in [6.07, 6.45) is 4.52. The summed E-state index contributed by atoms with van der Waals surface area (Å²) in [7, 11) is 0. The molecule has 0 amide bonds. The maximum Gasteiger partial charge on any atom is 0.269 e. The molecule has 0 N–H and O–H groups in total. The second-order valence-electron chi connectivity index (χ2n) is 7.35. The first-order valence-corrected chi connectivity index (χ1v) is 9.83. The molecule has 8 heteroatoms. The van der Waals surface area contributed by atoms with E-state index < -0.39 is 10.7 Å². The Kier molecular flexibility index (Phi) is 5.94. The first-order chi connectivity index (χ1) is 14.6. The van der Waals surface area contributed by atoms with E-state index in [4.69, 9.17) is 0 Å². The SMILES string of the molecule is O=[N+]([O-])c1ccc(F)c(CN2CCN(c3ncc(Cc4ccccc4)cn3)CC2)c1. The topological polar surface area (TPSA) is 75.4 Å². The quantitative estimate of drug-likeness (QED) is 0.460. The number of nitrogens with zero attached hydrogens (tertiary/aromatic N) is 5. The molecule has 0 spiro atoms. The standard InChI is InChI=1S/C22H22FN5O2/c23-21-7-6-20(28(29)30)13-19(21)16-26-8-10-27(11-9-26)22-24-14-18(15-25-22)12-17-4-2-1-3-5-17/h1-7,13-15H,8-12,16H2. The average molecular weight is 407 g/mol. The van der Waals surface area contributed by atoms with Crippen molar-refractivity contribution in [2.24, 2.45) is 0 Å². The lowest BCUT2D eigenvalue weighted by atomic mass is 10.1. The predicted octanol–water partition coefficient (Wildman–Crippen LogP) is 3.44. The zero-order chi connectivity index (χ0) is 20.9. The van der Waals surface area contributed by atoms with Crippen LogP contribution in [0.4, 0.5) is 16.0 Å². The van der Waals surface area contributed by atoms with E-state index in [1.54, 1.807) is 0 Å². The minimum absolute atomic E-state index is 0.0889. The molecule has 1 fully saturated rings. The highest BCUT2D eigenvalue weighted by molar-refractivity contribution is 5.36. The highest BCUT2D eigenvalue weighted by Crippen LogP contribution is 2.20. The molecule has 0 unspecified atom stereocenters. The third-order valence-electron chi connectivity index (χ3n) is 5.23. The maximum absolute atomic E-state index is 14.0. The van der Waals surface area contributed by atoms with Gasteiger partial charge < -0.3 is 4.90 Å². The maximum atomic E-state index is 14.0. The van der Waals surface area contributed by atoms with Gasteiger partial charge in [-0.2, -0.15) is 0 Å². The Morgan fingerprint density at radius 3 is 2.33 bits per heavy atom. The number of aromatic nitrogens is 2. The van der Waals surface area contributed by atoms with E-state index in [1.807, 2.05) is 30.6 Å². The van der Waals surface area contributed by atoms with E-state index in [2.05, 4.69) is 31.9 Å². The molecule has 1 aromatic heterocycles. The number of nitro benzene ring substituents is 1. The first kappa shape index (κ1) is 19.9. The fourth-order valence-corrected chi connectivity index (χ4v) is 3.58. The Balaban J connectivity index is 1.33. The minimum Gasteiger partial charge on any atom is -0.338 e. The fraction of sp³-hybridized carbons (Fsp3) is 0.273. The molecule has 0 saturated carbocycles. The van der Waals surface area contributed by atoms with Crippen molar-refractivity contribution in [2.45, 2.75) is 13.0 Å². The van der Waals surface area contributed by atoms with Crippen molar-refractivity contribution in [1.29, 1.82) is 0 Å². The molecule has 0 radical (unpaired) electrons. The number of rotatable bonds is 6. The lowest BCUT2D eigenvalue weighted by Gasteiger charge is -2.34. The van der Waals surface area contributed by atoms with Crippen LogP contribution in [0.25, 0.3) is 0 Å². The van der Waals surface area contributed by atoms with E-state index in [0.717, 1.165) is 18.1 Å². The van der Waals surface area contributed by atoms with Crippen LogP contribution in [0.15, 0.2) is 60.9 Å². The number of nitro groups is 1. The van der Waals surface area contributed by atoms with Gasteiger partial charge in [-0.1, -0.05) is 30.3 Å². The smallest absolute Gasteiger partial charge is 0.269 e. The highest BCUT2D eigenvalue weighted by atomic mass is 19.1. The van der Waals surface area contributed by atoms with Crippen LogP contribution in [-0.2, 0) is 13.0 Å². The van der Waals surface area contributed by atoms with Gasteiger partial charge in [-0.05, 0) is 17.2 Å². The normalized spacial score (nSPS) is 14.6. The van der Waals surface area contributed by atoms with Crippen molar-refractivity contribution in [2.75, 3.05) is 31.1 Å². The van der Waals surface area contributed by atoms with Crippen molar-refractivity contribution >= 4 is 11.6 Å². The zero-order valence-electron chi connectivity index (χ0n) is 16.4. The zero-order valence-corrected chi connectivity index (χ0v) is 16.4. The molecule has 30 heavy (non-hydrogen) atoms. The van der Waals surface area contributed by atoms with E-state index >= 15 is 0 Å². The van der Waals surface area contributed by atoms with Crippen molar-refractivity contribution in [3.8, 4) is 0 Å². The average Bonchev–Trinajstić information content (AvgIpc) is 2.77. The van der Waals surface area contributed by atoms with Gasteiger partial charge in [-0.15, -0.1) is 0 Å². The molecule has 154 valence electrons. The lowest BCUT2D eigenvalue weighted by Crippen LogP contribution is -2.46. The Morgan fingerprint density at radius 1 is 0.967 bits per heavy atom. The van der Waals surface area contributed by atoms with Crippen molar-refractivity contribution in [3.05, 3.63) is 93.5 Å². The summed E-state index contributed by atoms with van der Waals surface area (Å²) in [4.78, 5) is 23.6. The molecule has 1 aliphatic rings. The number of anilines is 1. The van der Waals surface area contributed by atoms with Gasteiger partial charge in [0.2, 0.25) is 5.95 Å². The van der Waals surface area contributed by atoms with E-state index in [0.29, 0.717) is 44.2 Å². The summed E-state index contributed by atoms with van der Waals surface area (Å²) in [5.74, 6) is 0.272. The van der Waals surface area contributed by atoms with Gasteiger partial charge in [0.15, 0.2) is 0 Å². The van der Waals surface area contributed by atoms with Gasteiger partial charge in [0.05, 0.1) is 4.92 Å². The molecule has 2 heterocycles. The Bertz CT molecular complexity index is 1010. The van der Waals surface area contributed by atoms with E-state index in [-0.39, 0.29) is 5.69 Å². The van der Waals surface area contributed by atoms with Crippen LogP contribution in [0, 0.1) is 15.9 Å². The molecular formula is C22H22FN5O2. The van der Waals surface area contributed by atoms with Crippen LogP contribution in [0.1, 0.15) is 16.7 Å². The lowest BCUT2D eigenvalue weighted by molar-refractivity contribution is -0.385. The number of halogens is 1. The number of hydrogen-bond donors (Lipinski definition) is 0. The fourth-order valence-electron chi connectivity index (χ4n) is 3.58. The summed E-state index contributed by atoms with van der Waals surface area (Å²) in [5.41, 5.74) is 2.54. The molecule has 2 aromatic carbocycles. The summed E-state index contributed by atoms with van der Waals surface area (Å²) in [5, 5.41) is 10.9. The molecule has 3 aromatic rings. The molecule has 0 atom stereocenters. The van der Waals surface area contributed by atoms with Gasteiger partial charge in [-0.25, -0.2) is 14.4 Å². The number of piperazine rings is 1. The molecule has 1 saturated heterocycles. The van der Waals surface area contributed by atoms with Crippen LogP contribution in [0.2, 0.25) is 0 Å². The second-order valence-corrected chi connectivity index (χ2v) is 7.35. The largest absolute Gasteiger partial charge is 0.338 e. The molecular weight excluding hydrogens is 385 g/mol. The number of benzene rings is 2. The highest BCUT2D eigenvalue weighted by Gasteiger charge is 2.21. The van der Waals surface area contributed by atoms with Crippen LogP contribution >= 0.6 is 0 Å². The Hall–Kier alpha value is -3.39. The van der Waals surface area contributed by atoms with Crippen LogP contribution in [-0.4, -0.2) is 46.0 Å². The van der Waals surface area contributed by atoms with E-state index in [9.17, 15) is 14.5 Å². The third-order valence-corrected chi connectivity index (χ3v) is 5.23. The Labute approximate surface area is 174 Å². The van der Waals surface area contributed by atoms with Gasteiger partial charge in [-0.3, -0.25) is 15.0 Å². The third kappa shape index (κ3) is 4.77. The van der Waals surface area contributed by atoms with Crippen LogP contribution < -0.4 is 4.90 Å². The molecule has 7 nitrogen and oxygen atoms in total. The number of non-ortho nitro benzene ring substituents is 1. The molecule has 1 aliphatic heterocycles. The van der Waals surface area contributed by atoms with Crippen molar-refractivity contribution in [1.82, 2.24) is 14.9 Å². The minimum atomic E-state index is -0.500. The second kappa shape index (κ2) is 8.96. The summed E-state index contributed by atoms with van der Waals surface area (Å²) >= 11 is 0. The molecule has 4 rings (SSSR count). The van der Waals surface area contributed by atoms with Gasteiger partial charge in [0.25, 0.3) is 5.69 Å². The summed E-state index contributed by atoms with van der Waals surface area (Å²) < 4.78 is 14.0. The monoisotopic (exact) mass is 407 g/mol.